The molecule has 0 aliphatic carbocycles. The average Bonchev–Trinajstić information content (AvgIpc) is 3.35. The van der Waals surface area contributed by atoms with Crippen molar-refractivity contribution in [2.24, 2.45) is 0 Å². The SMILES string of the molecule is CC(NC(=O)CSc1nnc(-c2cccs2)n1N)c1ccc2ccccc2c1. The summed E-state index contributed by atoms with van der Waals surface area (Å²) in [6.45, 7) is 1.98. The Hall–Kier alpha value is -2.84. The Morgan fingerprint density at radius 1 is 1.18 bits per heavy atom. The van der Waals surface area contributed by atoms with Crippen LogP contribution in [-0.2, 0) is 4.79 Å². The second-order valence-corrected chi connectivity index (χ2v) is 8.23. The topological polar surface area (TPSA) is 85.8 Å². The van der Waals surface area contributed by atoms with Gasteiger partial charge in [0.25, 0.3) is 0 Å². The molecule has 4 aromatic rings. The summed E-state index contributed by atoms with van der Waals surface area (Å²) in [5, 5.41) is 16.1. The number of nitrogen functional groups attached to an aromatic ring is 1. The Morgan fingerprint density at radius 2 is 2.00 bits per heavy atom. The van der Waals surface area contributed by atoms with Crippen molar-refractivity contribution in [1.82, 2.24) is 20.2 Å². The lowest BCUT2D eigenvalue weighted by atomic mass is 10.0. The zero-order chi connectivity index (χ0) is 19.5. The van der Waals surface area contributed by atoms with Crippen molar-refractivity contribution in [1.29, 1.82) is 0 Å². The van der Waals surface area contributed by atoms with Crippen LogP contribution in [0, 0.1) is 0 Å². The molecule has 142 valence electrons. The van der Waals surface area contributed by atoms with Crippen molar-refractivity contribution in [2.75, 3.05) is 11.6 Å². The zero-order valence-corrected chi connectivity index (χ0v) is 16.8. The number of thiophene rings is 1. The van der Waals surface area contributed by atoms with Crippen molar-refractivity contribution < 1.29 is 4.79 Å². The molecule has 0 saturated carbocycles. The first-order chi connectivity index (χ1) is 13.6. The van der Waals surface area contributed by atoms with Crippen molar-refractivity contribution in [3.05, 3.63) is 65.5 Å². The predicted molar refractivity (Wildman–Crippen MR) is 115 cm³/mol. The van der Waals surface area contributed by atoms with Gasteiger partial charge in [0.2, 0.25) is 11.1 Å². The summed E-state index contributed by atoms with van der Waals surface area (Å²) >= 11 is 2.81. The van der Waals surface area contributed by atoms with Crippen LogP contribution in [0.4, 0.5) is 0 Å². The molecule has 0 aliphatic heterocycles. The highest BCUT2D eigenvalue weighted by atomic mass is 32.2. The van der Waals surface area contributed by atoms with Gasteiger partial charge in [0.15, 0.2) is 5.82 Å². The van der Waals surface area contributed by atoms with E-state index in [0.717, 1.165) is 15.8 Å². The maximum Gasteiger partial charge on any atom is 0.230 e. The quantitative estimate of drug-likeness (QED) is 0.373. The number of rotatable bonds is 6. The van der Waals surface area contributed by atoms with Crippen LogP contribution in [0.1, 0.15) is 18.5 Å². The minimum absolute atomic E-state index is 0.0775. The Morgan fingerprint density at radius 3 is 2.79 bits per heavy atom. The van der Waals surface area contributed by atoms with Gasteiger partial charge in [0.05, 0.1) is 16.7 Å². The number of aromatic nitrogens is 3. The molecule has 3 N–H and O–H groups in total. The Balaban J connectivity index is 1.37. The number of hydrogen-bond acceptors (Lipinski definition) is 6. The van der Waals surface area contributed by atoms with E-state index >= 15 is 0 Å². The number of nitrogens with zero attached hydrogens (tertiary/aromatic N) is 3. The molecular weight excluding hydrogens is 390 g/mol. The minimum atomic E-state index is -0.0878. The number of carbonyl (C=O) groups is 1. The number of benzene rings is 2. The molecule has 0 saturated heterocycles. The van der Waals surface area contributed by atoms with E-state index in [2.05, 4.69) is 39.8 Å². The Labute approximate surface area is 170 Å². The minimum Gasteiger partial charge on any atom is -0.349 e. The summed E-state index contributed by atoms with van der Waals surface area (Å²) in [6, 6.07) is 18.2. The summed E-state index contributed by atoms with van der Waals surface area (Å²) in [5.74, 6) is 6.81. The summed E-state index contributed by atoms with van der Waals surface area (Å²) in [7, 11) is 0. The number of nitrogens with two attached hydrogens (primary N) is 1. The van der Waals surface area contributed by atoms with E-state index in [-0.39, 0.29) is 17.7 Å². The van der Waals surface area contributed by atoms with Crippen LogP contribution in [0.3, 0.4) is 0 Å². The number of fused-ring (bicyclic) bond motifs is 1. The van der Waals surface area contributed by atoms with E-state index in [1.54, 1.807) is 11.3 Å². The molecule has 0 spiro atoms. The third-order valence-electron chi connectivity index (χ3n) is 4.39. The highest BCUT2D eigenvalue weighted by Gasteiger charge is 2.15. The van der Waals surface area contributed by atoms with Gasteiger partial charge in [0, 0.05) is 0 Å². The molecule has 0 radical (unpaired) electrons. The van der Waals surface area contributed by atoms with Crippen LogP contribution in [0.2, 0.25) is 0 Å². The van der Waals surface area contributed by atoms with Gasteiger partial charge in [0.1, 0.15) is 0 Å². The fraction of sp³-hybridized carbons (Fsp3) is 0.150. The monoisotopic (exact) mass is 409 g/mol. The Kier molecular flexibility index (Phi) is 5.31. The third kappa shape index (κ3) is 3.88. The fourth-order valence-corrected chi connectivity index (χ4v) is 4.30. The molecule has 0 fully saturated rings. The molecule has 1 unspecified atom stereocenters. The van der Waals surface area contributed by atoms with Gasteiger partial charge in [-0.3, -0.25) is 4.79 Å². The van der Waals surface area contributed by atoms with E-state index in [1.807, 2.05) is 42.6 Å². The predicted octanol–water partition coefficient (Wildman–Crippen LogP) is 3.84. The van der Waals surface area contributed by atoms with Crippen LogP contribution in [-0.4, -0.2) is 26.5 Å². The third-order valence-corrected chi connectivity index (χ3v) is 6.20. The van der Waals surface area contributed by atoms with Crippen LogP contribution < -0.4 is 11.2 Å². The summed E-state index contributed by atoms with van der Waals surface area (Å²) in [4.78, 5) is 13.3. The van der Waals surface area contributed by atoms with Crippen molar-refractivity contribution in [2.45, 2.75) is 18.1 Å². The number of amides is 1. The molecule has 8 heteroatoms. The van der Waals surface area contributed by atoms with Gasteiger partial charge in [-0.25, -0.2) is 4.68 Å². The number of carbonyl (C=O) groups excluding carboxylic acids is 1. The smallest absolute Gasteiger partial charge is 0.230 e. The second kappa shape index (κ2) is 8.04. The van der Waals surface area contributed by atoms with Gasteiger partial charge < -0.3 is 11.2 Å². The van der Waals surface area contributed by atoms with Gasteiger partial charge >= 0.3 is 0 Å². The van der Waals surface area contributed by atoms with Gasteiger partial charge in [-0.2, -0.15) is 0 Å². The molecule has 1 atom stereocenters. The maximum atomic E-state index is 12.4. The molecule has 2 aromatic carbocycles. The molecule has 4 rings (SSSR count). The maximum absolute atomic E-state index is 12.4. The lowest BCUT2D eigenvalue weighted by Crippen LogP contribution is -2.28. The van der Waals surface area contributed by atoms with Gasteiger partial charge in [-0.15, -0.1) is 21.5 Å². The summed E-state index contributed by atoms with van der Waals surface area (Å²) < 4.78 is 1.43. The number of nitrogens with one attached hydrogen (secondary N) is 1. The van der Waals surface area contributed by atoms with E-state index in [0.29, 0.717) is 11.0 Å². The largest absolute Gasteiger partial charge is 0.349 e. The summed E-state index contributed by atoms with van der Waals surface area (Å²) in [6.07, 6.45) is 0. The Bertz CT molecular complexity index is 1110. The van der Waals surface area contributed by atoms with Crippen LogP contribution >= 0.6 is 23.1 Å². The highest BCUT2D eigenvalue weighted by Crippen LogP contribution is 2.25. The van der Waals surface area contributed by atoms with Crippen LogP contribution in [0.15, 0.2) is 65.1 Å². The summed E-state index contributed by atoms with van der Waals surface area (Å²) in [5.41, 5.74) is 1.07. The lowest BCUT2D eigenvalue weighted by Gasteiger charge is -2.15. The van der Waals surface area contributed by atoms with Crippen molar-refractivity contribution in [3.63, 3.8) is 0 Å². The second-order valence-electron chi connectivity index (χ2n) is 6.34. The van der Waals surface area contributed by atoms with Gasteiger partial charge in [-0.1, -0.05) is 54.2 Å². The van der Waals surface area contributed by atoms with Crippen molar-refractivity contribution in [3.8, 4) is 10.7 Å². The zero-order valence-electron chi connectivity index (χ0n) is 15.2. The standard InChI is InChI=1S/C20H19N5OS2/c1-13(15-9-8-14-5-2-3-6-16(14)11-15)22-18(26)12-28-20-24-23-19(25(20)21)17-7-4-10-27-17/h2-11,13H,12,21H2,1H3,(H,22,26). The average molecular weight is 410 g/mol. The fourth-order valence-electron chi connectivity index (χ4n) is 2.92. The first-order valence-corrected chi connectivity index (χ1v) is 10.6. The lowest BCUT2D eigenvalue weighted by molar-refractivity contribution is -0.119. The first kappa shape index (κ1) is 18.5. The van der Waals surface area contributed by atoms with E-state index in [1.165, 1.54) is 21.8 Å². The molecule has 0 aliphatic rings. The van der Waals surface area contributed by atoms with E-state index < -0.39 is 0 Å². The normalized spacial score (nSPS) is 12.2. The van der Waals surface area contributed by atoms with E-state index in [4.69, 9.17) is 5.84 Å². The van der Waals surface area contributed by atoms with Crippen molar-refractivity contribution >= 4 is 39.8 Å². The van der Waals surface area contributed by atoms with Gasteiger partial charge in [-0.05, 0) is 40.8 Å². The number of thioether (sulfide) groups is 1. The van der Waals surface area contributed by atoms with Crippen LogP contribution in [0.5, 0.6) is 0 Å². The van der Waals surface area contributed by atoms with E-state index in [9.17, 15) is 4.79 Å². The molecule has 1 amide bonds. The molecule has 0 bridgehead atoms. The molecule has 28 heavy (non-hydrogen) atoms. The van der Waals surface area contributed by atoms with Crippen LogP contribution in [0.25, 0.3) is 21.5 Å². The highest BCUT2D eigenvalue weighted by molar-refractivity contribution is 7.99. The molecule has 6 nitrogen and oxygen atoms in total. The molecule has 2 heterocycles. The molecule has 2 aromatic heterocycles. The number of hydrogen-bond donors (Lipinski definition) is 2. The molecular formula is C20H19N5OS2. The first-order valence-electron chi connectivity index (χ1n) is 8.77.